The first-order chi connectivity index (χ1) is 8.77. The molecule has 0 bridgehead atoms. The third-order valence-corrected chi connectivity index (χ3v) is 3.05. The molecule has 1 unspecified atom stereocenters. The smallest absolute Gasteiger partial charge is 0.251 e. The van der Waals surface area contributed by atoms with Crippen LogP contribution in [0.25, 0.3) is 0 Å². The number of nitrogens with one attached hydrogen (secondary N) is 1. The van der Waals surface area contributed by atoms with Crippen LogP contribution in [0.5, 0.6) is 5.75 Å². The summed E-state index contributed by atoms with van der Waals surface area (Å²) in [4.78, 5) is 12.1. The van der Waals surface area contributed by atoms with Crippen LogP contribution in [-0.2, 0) is 0 Å². The maximum absolute atomic E-state index is 12.1. The van der Waals surface area contributed by atoms with Gasteiger partial charge in [0, 0.05) is 5.56 Å². The number of nitrogen functional groups attached to an aromatic ring is 1. The number of rotatable bonds is 5. The van der Waals surface area contributed by atoms with Gasteiger partial charge in [-0.15, -0.1) is 0 Å². The number of anilines is 1. The zero-order valence-corrected chi connectivity index (χ0v) is 11.9. The fourth-order valence-corrected chi connectivity index (χ4v) is 1.45. The molecule has 106 valence electrons. The van der Waals surface area contributed by atoms with Gasteiger partial charge in [-0.25, -0.2) is 0 Å². The Hall–Kier alpha value is -1.75. The molecule has 1 aromatic carbocycles. The zero-order valence-electron chi connectivity index (χ0n) is 11.9. The molecule has 0 aliphatic rings. The highest BCUT2D eigenvalue weighted by molar-refractivity contribution is 5.96. The molecule has 0 heterocycles. The van der Waals surface area contributed by atoms with E-state index in [-0.39, 0.29) is 5.91 Å². The monoisotopic (exact) mass is 266 g/mol. The molecule has 1 aromatic rings. The minimum atomic E-state index is -0.704. The fraction of sp³-hybridized carbons (Fsp3) is 0.500. The van der Waals surface area contributed by atoms with Gasteiger partial charge in [-0.3, -0.25) is 4.79 Å². The van der Waals surface area contributed by atoms with Gasteiger partial charge >= 0.3 is 0 Å². The largest absolute Gasteiger partial charge is 0.492 e. The number of carbonyl (C=O) groups is 1. The third kappa shape index (κ3) is 3.86. The Labute approximate surface area is 113 Å². The van der Waals surface area contributed by atoms with Gasteiger partial charge in [0.2, 0.25) is 0 Å². The molecule has 0 fully saturated rings. The molecular formula is C14H22N2O3. The minimum absolute atomic E-state index is 0.277. The van der Waals surface area contributed by atoms with Crippen LogP contribution in [0.4, 0.5) is 5.69 Å². The molecule has 0 aromatic heterocycles. The van der Waals surface area contributed by atoms with Crippen LogP contribution >= 0.6 is 0 Å². The van der Waals surface area contributed by atoms with Crippen molar-refractivity contribution >= 4 is 11.6 Å². The van der Waals surface area contributed by atoms with Crippen molar-refractivity contribution in [2.24, 2.45) is 0 Å². The van der Waals surface area contributed by atoms with Gasteiger partial charge in [0.15, 0.2) is 0 Å². The number of hydrogen-bond donors (Lipinski definition) is 3. The molecule has 4 N–H and O–H groups in total. The fourth-order valence-electron chi connectivity index (χ4n) is 1.45. The van der Waals surface area contributed by atoms with E-state index in [9.17, 15) is 9.90 Å². The van der Waals surface area contributed by atoms with Crippen molar-refractivity contribution in [3.63, 3.8) is 0 Å². The van der Waals surface area contributed by atoms with Crippen LogP contribution in [0.1, 0.15) is 38.1 Å². The van der Waals surface area contributed by atoms with Crippen molar-refractivity contribution in [2.75, 3.05) is 12.3 Å². The predicted octanol–water partition coefficient (Wildman–Crippen LogP) is 1.56. The first kappa shape index (κ1) is 15.3. The Morgan fingerprint density at radius 3 is 2.63 bits per heavy atom. The molecule has 0 saturated heterocycles. The molecule has 0 aliphatic carbocycles. The molecule has 0 radical (unpaired) electrons. The van der Waals surface area contributed by atoms with Crippen molar-refractivity contribution in [1.29, 1.82) is 0 Å². The summed E-state index contributed by atoms with van der Waals surface area (Å²) in [6.45, 7) is 7.53. The standard InChI is InChI=1S/C14H22N2O3/c1-5-19-12-7-6-10(8-11(12)15)13(18)16-14(3,4)9(2)17/h6-9,17H,5,15H2,1-4H3,(H,16,18). The predicted molar refractivity (Wildman–Crippen MR) is 75.2 cm³/mol. The Morgan fingerprint density at radius 1 is 1.53 bits per heavy atom. The zero-order chi connectivity index (χ0) is 14.6. The number of hydrogen-bond acceptors (Lipinski definition) is 4. The van der Waals surface area contributed by atoms with E-state index in [1.54, 1.807) is 39.0 Å². The van der Waals surface area contributed by atoms with Crippen LogP contribution in [0.15, 0.2) is 18.2 Å². The number of ether oxygens (including phenoxy) is 1. The quantitative estimate of drug-likeness (QED) is 0.706. The number of aliphatic hydroxyl groups is 1. The Balaban J connectivity index is 2.87. The van der Waals surface area contributed by atoms with Gasteiger partial charge in [-0.2, -0.15) is 0 Å². The minimum Gasteiger partial charge on any atom is -0.492 e. The summed E-state index contributed by atoms with van der Waals surface area (Å²) >= 11 is 0. The molecule has 19 heavy (non-hydrogen) atoms. The van der Waals surface area contributed by atoms with Gasteiger partial charge in [-0.05, 0) is 45.9 Å². The van der Waals surface area contributed by atoms with Gasteiger partial charge in [0.1, 0.15) is 5.75 Å². The third-order valence-electron chi connectivity index (χ3n) is 3.05. The van der Waals surface area contributed by atoms with E-state index in [1.165, 1.54) is 0 Å². The van der Waals surface area contributed by atoms with Crippen molar-refractivity contribution in [3.8, 4) is 5.75 Å². The molecule has 1 rings (SSSR count). The highest BCUT2D eigenvalue weighted by Crippen LogP contribution is 2.23. The van der Waals surface area contributed by atoms with Crippen molar-refractivity contribution in [1.82, 2.24) is 5.32 Å². The molecule has 5 nitrogen and oxygen atoms in total. The van der Waals surface area contributed by atoms with Gasteiger partial charge in [0.05, 0.1) is 23.9 Å². The van der Waals surface area contributed by atoms with E-state index in [4.69, 9.17) is 10.5 Å². The Morgan fingerprint density at radius 2 is 2.16 bits per heavy atom. The lowest BCUT2D eigenvalue weighted by Crippen LogP contribution is -2.50. The van der Waals surface area contributed by atoms with Crippen molar-refractivity contribution in [3.05, 3.63) is 23.8 Å². The Kier molecular flexibility index (Phi) is 4.78. The maximum Gasteiger partial charge on any atom is 0.251 e. The number of aliphatic hydroxyl groups excluding tert-OH is 1. The van der Waals surface area contributed by atoms with E-state index in [1.807, 2.05) is 6.92 Å². The topological polar surface area (TPSA) is 84.6 Å². The SMILES string of the molecule is CCOc1ccc(C(=O)NC(C)(C)C(C)O)cc1N. The second-order valence-corrected chi connectivity index (χ2v) is 5.04. The molecule has 0 saturated carbocycles. The Bertz CT molecular complexity index is 456. The molecule has 1 atom stereocenters. The van der Waals surface area contributed by atoms with E-state index < -0.39 is 11.6 Å². The van der Waals surface area contributed by atoms with Crippen molar-refractivity contribution < 1.29 is 14.6 Å². The van der Waals surface area contributed by atoms with Crippen LogP contribution in [-0.4, -0.2) is 29.3 Å². The van der Waals surface area contributed by atoms with Crippen LogP contribution in [0.3, 0.4) is 0 Å². The van der Waals surface area contributed by atoms with E-state index >= 15 is 0 Å². The normalized spacial score (nSPS) is 12.9. The molecule has 1 amide bonds. The van der Waals surface area contributed by atoms with Crippen molar-refractivity contribution in [2.45, 2.75) is 39.3 Å². The summed E-state index contributed by atoms with van der Waals surface area (Å²) in [5.41, 5.74) is 5.97. The van der Waals surface area contributed by atoms with Gasteiger partial charge in [-0.1, -0.05) is 0 Å². The average molecular weight is 266 g/mol. The first-order valence-corrected chi connectivity index (χ1v) is 6.30. The van der Waals surface area contributed by atoms with E-state index in [2.05, 4.69) is 5.32 Å². The summed E-state index contributed by atoms with van der Waals surface area (Å²) in [5, 5.41) is 12.4. The lowest BCUT2D eigenvalue weighted by Gasteiger charge is -2.29. The highest BCUT2D eigenvalue weighted by Gasteiger charge is 2.26. The summed E-state index contributed by atoms with van der Waals surface area (Å²) in [6, 6.07) is 4.89. The summed E-state index contributed by atoms with van der Waals surface area (Å²) in [7, 11) is 0. The van der Waals surface area contributed by atoms with E-state index in [0.717, 1.165) is 0 Å². The second kappa shape index (κ2) is 5.93. The molecule has 0 aliphatic heterocycles. The molecule has 5 heteroatoms. The van der Waals surface area contributed by atoms with E-state index in [0.29, 0.717) is 23.6 Å². The lowest BCUT2D eigenvalue weighted by molar-refractivity contribution is 0.0709. The average Bonchev–Trinajstić information content (AvgIpc) is 2.31. The van der Waals surface area contributed by atoms with Gasteiger partial charge in [0.25, 0.3) is 5.91 Å². The highest BCUT2D eigenvalue weighted by atomic mass is 16.5. The summed E-state index contributed by atoms with van der Waals surface area (Å²) in [6.07, 6.45) is -0.656. The maximum atomic E-state index is 12.1. The van der Waals surface area contributed by atoms with Crippen LogP contribution in [0.2, 0.25) is 0 Å². The summed E-state index contributed by atoms with van der Waals surface area (Å²) in [5.74, 6) is 0.287. The molecular weight excluding hydrogens is 244 g/mol. The van der Waals surface area contributed by atoms with Crippen LogP contribution < -0.4 is 15.8 Å². The first-order valence-electron chi connectivity index (χ1n) is 6.30. The second-order valence-electron chi connectivity index (χ2n) is 5.04. The van der Waals surface area contributed by atoms with Crippen LogP contribution in [0, 0.1) is 0 Å². The summed E-state index contributed by atoms with van der Waals surface area (Å²) < 4.78 is 5.31. The number of amides is 1. The number of carbonyl (C=O) groups excluding carboxylic acids is 1. The number of benzene rings is 1. The number of nitrogens with two attached hydrogens (primary N) is 1. The molecule has 0 spiro atoms. The van der Waals surface area contributed by atoms with Gasteiger partial charge < -0.3 is 20.9 Å². The lowest BCUT2D eigenvalue weighted by atomic mass is 9.98.